The summed E-state index contributed by atoms with van der Waals surface area (Å²) in [5, 5.41) is 0. The lowest BCUT2D eigenvalue weighted by atomic mass is 9.85. The van der Waals surface area contributed by atoms with Crippen LogP contribution in [0.4, 0.5) is 17.6 Å². The van der Waals surface area contributed by atoms with E-state index in [1.165, 1.54) is 0 Å². The molecule has 6 heteroatoms. The molecule has 0 N–H and O–H groups in total. The Morgan fingerprint density at radius 2 is 1.45 bits per heavy atom. The van der Waals surface area contributed by atoms with Crippen molar-refractivity contribution in [1.29, 1.82) is 0 Å². The zero-order valence-electron chi connectivity index (χ0n) is 16.9. The number of aromatic nitrogens is 1. The third-order valence-electron chi connectivity index (χ3n) is 4.41. The Morgan fingerprint density at radius 3 is 2.10 bits per heavy atom. The Labute approximate surface area is 186 Å². The Morgan fingerprint density at radius 1 is 0.774 bits per heavy atom. The zero-order chi connectivity index (χ0) is 22.8. The Hall–Kier alpha value is -3.09. The minimum Gasteiger partial charge on any atom is -0.248 e. The molecule has 0 unspecified atom stereocenters. The quantitative estimate of drug-likeness (QED) is 0.153. The van der Waals surface area contributed by atoms with Crippen molar-refractivity contribution in [1.82, 2.24) is 4.98 Å². The summed E-state index contributed by atoms with van der Waals surface area (Å²) in [6.07, 6.45) is 1.62. The molecular formula is C25H16BrF4N. The van der Waals surface area contributed by atoms with Crippen LogP contribution in [0.15, 0.2) is 47.1 Å². The molecule has 156 valence electrons. The first-order valence-electron chi connectivity index (χ1n) is 9.20. The van der Waals surface area contributed by atoms with Crippen molar-refractivity contribution < 1.29 is 17.6 Å². The number of benzene rings is 2. The first kappa shape index (κ1) is 22.6. The van der Waals surface area contributed by atoms with Crippen LogP contribution in [-0.4, -0.2) is 4.98 Å². The van der Waals surface area contributed by atoms with Gasteiger partial charge in [-0.2, -0.15) is 0 Å². The van der Waals surface area contributed by atoms with Crippen LogP contribution in [0.2, 0.25) is 0 Å². The van der Waals surface area contributed by atoms with Crippen LogP contribution >= 0.6 is 15.9 Å². The highest BCUT2D eigenvalue weighted by Crippen LogP contribution is 2.28. The Kier molecular flexibility index (Phi) is 6.53. The fourth-order valence-corrected chi connectivity index (χ4v) is 3.08. The molecule has 1 nitrogen and oxygen atoms in total. The van der Waals surface area contributed by atoms with Crippen LogP contribution in [0, 0.1) is 47.0 Å². The van der Waals surface area contributed by atoms with Gasteiger partial charge < -0.3 is 0 Å². The van der Waals surface area contributed by atoms with Crippen LogP contribution in [0.25, 0.3) is 0 Å². The summed E-state index contributed by atoms with van der Waals surface area (Å²) >= 11 is 2.75. The molecule has 1 aromatic heterocycles. The van der Waals surface area contributed by atoms with E-state index in [4.69, 9.17) is 0 Å². The molecule has 0 bridgehead atoms. The molecule has 0 spiro atoms. The molecule has 2 aromatic carbocycles. The summed E-state index contributed by atoms with van der Waals surface area (Å²) in [6.45, 7) is 6.13. The molecular weight excluding hydrogens is 470 g/mol. The molecule has 0 atom stereocenters. The Bertz CT molecular complexity index is 1240. The third kappa shape index (κ3) is 4.98. The van der Waals surface area contributed by atoms with Crippen molar-refractivity contribution in [2.24, 2.45) is 0 Å². The van der Waals surface area contributed by atoms with Gasteiger partial charge in [-0.15, -0.1) is 0 Å². The van der Waals surface area contributed by atoms with Gasteiger partial charge in [0.25, 0.3) is 0 Å². The fraction of sp³-hybridized carbons (Fsp3) is 0.160. The molecule has 0 fully saturated rings. The minimum absolute atomic E-state index is 0.161. The van der Waals surface area contributed by atoms with E-state index in [-0.39, 0.29) is 5.41 Å². The fourth-order valence-electron chi connectivity index (χ4n) is 2.64. The van der Waals surface area contributed by atoms with E-state index in [1.807, 2.05) is 32.9 Å². The number of pyridine rings is 1. The number of halogens is 5. The van der Waals surface area contributed by atoms with E-state index in [1.54, 1.807) is 30.5 Å². The highest BCUT2D eigenvalue weighted by Gasteiger charge is 2.23. The van der Waals surface area contributed by atoms with Crippen molar-refractivity contribution in [3.8, 4) is 23.7 Å². The number of rotatable bonds is 0. The van der Waals surface area contributed by atoms with Gasteiger partial charge in [-0.1, -0.05) is 50.7 Å². The van der Waals surface area contributed by atoms with Crippen molar-refractivity contribution >= 4 is 15.9 Å². The maximum absolute atomic E-state index is 14.1. The normalized spacial score (nSPS) is 10.7. The summed E-state index contributed by atoms with van der Waals surface area (Å²) in [5.41, 5.74) is 1.75. The van der Waals surface area contributed by atoms with Crippen molar-refractivity contribution in [2.45, 2.75) is 26.2 Å². The molecule has 0 aliphatic rings. The van der Waals surface area contributed by atoms with Gasteiger partial charge >= 0.3 is 0 Å². The summed E-state index contributed by atoms with van der Waals surface area (Å²) in [6, 6.07) is 10.8. The van der Waals surface area contributed by atoms with Crippen LogP contribution < -0.4 is 0 Å². The second-order valence-electron chi connectivity index (χ2n) is 7.67. The van der Waals surface area contributed by atoms with E-state index in [0.717, 1.165) is 5.56 Å². The summed E-state index contributed by atoms with van der Waals surface area (Å²) in [7, 11) is 0. The van der Waals surface area contributed by atoms with Crippen LogP contribution in [0.3, 0.4) is 0 Å². The molecule has 0 amide bonds. The smallest absolute Gasteiger partial charge is 0.198 e. The van der Waals surface area contributed by atoms with Gasteiger partial charge in [-0.05, 0) is 57.1 Å². The molecule has 0 aliphatic carbocycles. The van der Waals surface area contributed by atoms with E-state index in [2.05, 4.69) is 44.6 Å². The van der Waals surface area contributed by atoms with Crippen molar-refractivity contribution in [3.05, 3.63) is 98.3 Å². The maximum atomic E-state index is 14.1. The molecule has 0 saturated heterocycles. The average molecular weight is 486 g/mol. The van der Waals surface area contributed by atoms with Gasteiger partial charge in [0.1, 0.15) is 5.69 Å². The predicted octanol–water partition coefficient (Wildman–Crippen LogP) is 6.50. The molecule has 0 saturated carbocycles. The molecule has 31 heavy (non-hydrogen) atoms. The summed E-state index contributed by atoms with van der Waals surface area (Å²) < 4.78 is 54.4. The monoisotopic (exact) mass is 485 g/mol. The molecule has 1 heterocycles. The van der Waals surface area contributed by atoms with E-state index in [9.17, 15) is 17.6 Å². The molecule has 3 aromatic rings. The first-order chi connectivity index (χ1) is 14.6. The molecule has 0 radical (unpaired) electrons. The van der Waals surface area contributed by atoms with E-state index >= 15 is 0 Å². The standard InChI is InChI=1S/C25H16BrF4N/c1-25(2,3)17-10-7-15(16(14-17)8-11-18-6-4-5-13-31-18)9-12-19-20(26)22(28)24(30)23(29)21(19)27/h4-7,10,13-14H,1-3H3. The zero-order valence-corrected chi connectivity index (χ0v) is 18.5. The van der Waals surface area contributed by atoms with Crippen molar-refractivity contribution in [2.75, 3.05) is 0 Å². The predicted molar refractivity (Wildman–Crippen MR) is 115 cm³/mol. The van der Waals surface area contributed by atoms with Gasteiger partial charge in [0, 0.05) is 17.3 Å². The maximum Gasteiger partial charge on any atom is 0.198 e. The minimum atomic E-state index is -1.91. The topological polar surface area (TPSA) is 12.9 Å². The molecule has 0 aliphatic heterocycles. The van der Waals surface area contributed by atoms with Gasteiger partial charge in [0.15, 0.2) is 23.3 Å². The second-order valence-corrected chi connectivity index (χ2v) is 8.46. The van der Waals surface area contributed by atoms with Crippen molar-refractivity contribution in [3.63, 3.8) is 0 Å². The number of hydrogen-bond donors (Lipinski definition) is 0. The Balaban J connectivity index is 2.15. The van der Waals surface area contributed by atoms with E-state index in [0.29, 0.717) is 16.8 Å². The largest absolute Gasteiger partial charge is 0.248 e. The first-order valence-corrected chi connectivity index (χ1v) is 10.00. The van der Waals surface area contributed by atoms with Gasteiger partial charge in [-0.3, -0.25) is 0 Å². The number of nitrogens with zero attached hydrogens (tertiary/aromatic N) is 1. The average Bonchev–Trinajstić information content (AvgIpc) is 2.75. The van der Waals surface area contributed by atoms with Gasteiger partial charge in [0.2, 0.25) is 0 Å². The van der Waals surface area contributed by atoms with E-state index < -0.39 is 33.3 Å². The lowest BCUT2D eigenvalue weighted by molar-refractivity contribution is 0.405. The lowest BCUT2D eigenvalue weighted by Crippen LogP contribution is -2.11. The van der Waals surface area contributed by atoms with Crippen LogP contribution in [-0.2, 0) is 5.41 Å². The summed E-state index contributed by atoms with van der Waals surface area (Å²) in [5.74, 6) is 4.14. The number of hydrogen-bond acceptors (Lipinski definition) is 1. The molecule has 3 rings (SSSR count). The highest BCUT2D eigenvalue weighted by molar-refractivity contribution is 9.10. The summed E-state index contributed by atoms with van der Waals surface area (Å²) in [4.78, 5) is 4.15. The SMILES string of the molecule is CC(C)(C)c1ccc(C#Cc2c(F)c(F)c(F)c(F)c2Br)c(C#Cc2ccccn2)c1. The van der Waals surface area contributed by atoms with Gasteiger partial charge in [-0.25, -0.2) is 22.5 Å². The highest BCUT2D eigenvalue weighted by atomic mass is 79.9. The third-order valence-corrected chi connectivity index (χ3v) is 5.15. The van der Waals surface area contributed by atoms with Crippen LogP contribution in [0.1, 0.15) is 48.7 Å². The van der Waals surface area contributed by atoms with Crippen LogP contribution in [0.5, 0.6) is 0 Å². The lowest BCUT2D eigenvalue weighted by Gasteiger charge is -2.19. The second kappa shape index (κ2) is 8.96. The van der Waals surface area contributed by atoms with Gasteiger partial charge in [0.05, 0.1) is 10.0 Å².